The molecule has 1 fully saturated rings. The van der Waals surface area contributed by atoms with Crippen molar-refractivity contribution in [3.8, 4) is 5.75 Å². The molecule has 8 heteroatoms. The van der Waals surface area contributed by atoms with Crippen molar-refractivity contribution >= 4 is 57.6 Å². The number of aryl methyl sites for hydroxylation is 1. The molecule has 0 radical (unpaired) electrons. The second-order valence-corrected chi connectivity index (χ2v) is 8.51. The first-order valence-corrected chi connectivity index (χ1v) is 11.3. The lowest BCUT2D eigenvalue weighted by Crippen LogP contribution is -2.32. The summed E-state index contributed by atoms with van der Waals surface area (Å²) in [6.45, 7) is 5.47. The lowest BCUT2D eigenvalue weighted by Gasteiger charge is -2.23. The molecular formula is C22H27ClN4OS2. The molecule has 5 nitrogen and oxygen atoms in total. The third-order valence-corrected chi connectivity index (χ3v) is 5.81. The maximum Gasteiger partial charge on any atom is 0.176 e. The Morgan fingerprint density at radius 2 is 2.00 bits per heavy atom. The second-order valence-electron chi connectivity index (χ2n) is 7.30. The Kier molecular flexibility index (Phi) is 8.13. The molecule has 0 amide bonds. The molecule has 1 aliphatic rings. The van der Waals surface area contributed by atoms with Crippen molar-refractivity contribution < 1.29 is 4.74 Å². The molecular weight excluding hydrogens is 436 g/mol. The van der Waals surface area contributed by atoms with Gasteiger partial charge in [0, 0.05) is 31.4 Å². The minimum Gasteiger partial charge on any atom is -0.494 e. The maximum absolute atomic E-state index is 6.42. The van der Waals surface area contributed by atoms with E-state index in [0.717, 1.165) is 71.7 Å². The summed E-state index contributed by atoms with van der Waals surface area (Å²) < 4.78 is 5.83. The summed E-state index contributed by atoms with van der Waals surface area (Å²) in [6, 6.07) is 13.7. The third kappa shape index (κ3) is 6.20. The lowest BCUT2D eigenvalue weighted by molar-refractivity contribution is 0.302. The molecule has 0 saturated carbocycles. The average molecular weight is 463 g/mol. The van der Waals surface area contributed by atoms with E-state index in [2.05, 4.69) is 27.2 Å². The van der Waals surface area contributed by atoms with Gasteiger partial charge in [-0.05, 0) is 80.5 Å². The fourth-order valence-corrected chi connectivity index (χ4v) is 4.25. The summed E-state index contributed by atoms with van der Waals surface area (Å²) in [5.41, 5.74) is 8.48. The van der Waals surface area contributed by atoms with Crippen LogP contribution in [0.1, 0.15) is 24.8 Å². The molecule has 3 N–H and O–H groups in total. The van der Waals surface area contributed by atoms with E-state index in [9.17, 15) is 0 Å². The van der Waals surface area contributed by atoms with Crippen LogP contribution in [0.3, 0.4) is 0 Å². The fourth-order valence-electron chi connectivity index (χ4n) is 3.42. The highest BCUT2D eigenvalue weighted by Crippen LogP contribution is 2.29. The number of hydrogen-bond donors (Lipinski definition) is 2. The van der Waals surface area contributed by atoms with Gasteiger partial charge >= 0.3 is 0 Å². The van der Waals surface area contributed by atoms with Crippen LogP contribution in [0.2, 0.25) is 5.02 Å². The number of nitrogens with one attached hydrogen (secondary N) is 1. The minimum absolute atomic E-state index is 0.246. The Balaban J connectivity index is 1.37. The molecule has 1 heterocycles. The van der Waals surface area contributed by atoms with Crippen molar-refractivity contribution in [3.05, 3.63) is 53.1 Å². The zero-order valence-electron chi connectivity index (χ0n) is 17.1. The number of unbranched alkanes of at least 4 members (excludes halogenated alkanes) is 2. The summed E-state index contributed by atoms with van der Waals surface area (Å²) in [6.07, 6.45) is 3.14. The van der Waals surface area contributed by atoms with E-state index in [4.69, 9.17) is 46.5 Å². The van der Waals surface area contributed by atoms with Crippen LogP contribution in [0.25, 0.3) is 0 Å². The van der Waals surface area contributed by atoms with Crippen molar-refractivity contribution in [2.24, 2.45) is 5.73 Å². The highest BCUT2D eigenvalue weighted by Gasteiger charge is 2.26. The van der Waals surface area contributed by atoms with Gasteiger partial charge in [0.1, 0.15) is 5.75 Å². The van der Waals surface area contributed by atoms with E-state index in [-0.39, 0.29) is 5.11 Å². The van der Waals surface area contributed by atoms with Crippen LogP contribution >= 0.6 is 36.0 Å². The smallest absolute Gasteiger partial charge is 0.176 e. The van der Waals surface area contributed by atoms with Gasteiger partial charge in [-0.25, -0.2) is 0 Å². The Labute approximate surface area is 194 Å². The zero-order chi connectivity index (χ0) is 21.5. The van der Waals surface area contributed by atoms with Crippen LogP contribution in [0.5, 0.6) is 5.75 Å². The topological polar surface area (TPSA) is 53.8 Å². The van der Waals surface area contributed by atoms with Crippen molar-refractivity contribution in [1.82, 2.24) is 4.90 Å². The van der Waals surface area contributed by atoms with Crippen molar-refractivity contribution in [2.45, 2.75) is 26.2 Å². The largest absolute Gasteiger partial charge is 0.494 e. The second kappa shape index (κ2) is 10.8. The van der Waals surface area contributed by atoms with Crippen LogP contribution in [0, 0.1) is 6.92 Å². The lowest BCUT2D eigenvalue weighted by atomic mass is 10.2. The highest BCUT2D eigenvalue weighted by atomic mass is 35.5. The van der Waals surface area contributed by atoms with Crippen LogP contribution in [-0.2, 0) is 0 Å². The normalized spacial score (nSPS) is 13.6. The molecule has 0 atom stereocenters. The summed E-state index contributed by atoms with van der Waals surface area (Å²) in [5.74, 6) is 0.808. The van der Waals surface area contributed by atoms with Crippen LogP contribution in [0.15, 0.2) is 42.5 Å². The van der Waals surface area contributed by atoms with E-state index in [1.54, 1.807) is 0 Å². The predicted octanol–water partition coefficient (Wildman–Crippen LogP) is 4.96. The standard InChI is InChI=1S/C22H27ClN4OS2/c1-16-8-9-20(19(23)14-16)27-12-11-26(22(27)30)10-3-2-4-13-28-18-7-5-6-17(15-18)25-21(24)29/h5-9,14-15H,2-4,10-13H2,1H3,(H3,24,25,29). The van der Waals surface area contributed by atoms with Gasteiger partial charge < -0.3 is 25.6 Å². The molecule has 2 aromatic rings. The van der Waals surface area contributed by atoms with Gasteiger partial charge in [0.05, 0.1) is 17.3 Å². The van der Waals surface area contributed by atoms with Gasteiger partial charge in [-0.2, -0.15) is 0 Å². The van der Waals surface area contributed by atoms with E-state index in [1.807, 2.05) is 37.3 Å². The van der Waals surface area contributed by atoms with E-state index in [1.165, 1.54) is 0 Å². The first kappa shape index (κ1) is 22.6. The predicted molar refractivity (Wildman–Crippen MR) is 134 cm³/mol. The summed E-state index contributed by atoms with van der Waals surface area (Å²) >= 11 is 17.0. The SMILES string of the molecule is Cc1ccc(N2CCN(CCCCCOc3cccc(NC(N)=S)c3)C2=S)c(Cl)c1. The summed E-state index contributed by atoms with van der Waals surface area (Å²) in [4.78, 5) is 4.39. The van der Waals surface area contributed by atoms with Gasteiger partial charge in [0.25, 0.3) is 0 Å². The average Bonchev–Trinajstić information content (AvgIpc) is 3.05. The first-order chi connectivity index (χ1) is 14.4. The summed E-state index contributed by atoms with van der Waals surface area (Å²) in [5, 5.41) is 4.77. The van der Waals surface area contributed by atoms with E-state index >= 15 is 0 Å². The van der Waals surface area contributed by atoms with Crippen LogP contribution in [-0.4, -0.2) is 41.4 Å². The molecule has 160 valence electrons. The van der Waals surface area contributed by atoms with E-state index in [0.29, 0.717) is 6.61 Å². The number of hydrogen-bond acceptors (Lipinski definition) is 3. The van der Waals surface area contributed by atoms with Crippen molar-refractivity contribution in [2.75, 3.05) is 36.5 Å². The molecule has 0 aromatic heterocycles. The molecule has 2 aromatic carbocycles. The Hall–Kier alpha value is -2.09. The molecule has 3 rings (SSSR count). The van der Waals surface area contributed by atoms with Gasteiger partial charge in [-0.1, -0.05) is 23.7 Å². The van der Waals surface area contributed by atoms with Crippen molar-refractivity contribution in [3.63, 3.8) is 0 Å². The molecule has 30 heavy (non-hydrogen) atoms. The Morgan fingerprint density at radius 3 is 2.77 bits per heavy atom. The molecule has 0 bridgehead atoms. The first-order valence-electron chi connectivity index (χ1n) is 10.1. The minimum atomic E-state index is 0.246. The zero-order valence-corrected chi connectivity index (χ0v) is 19.5. The number of nitrogens with zero attached hydrogens (tertiary/aromatic N) is 2. The maximum atomic E-state index is 6.42. The van der Waals surface area contributed by atoms with Gasteiger partial charge in [-0.15, -0.1) is 0 Å². The third-order valence-electron chi connectivity index (χ3n) is 4.93. The monoisotopic (exact) mass is 462 g/mol. The molecule has 0 spiro atoms. The van der Waals surface area contributed by atoms with Gasteiger partial charge in [0.2, 0.25) is 0 Å². The van der Waals surface area contributed by atoms with Crippen molar-refractivity contribution in [1.29, 1.82) is 0 Å². The number of rotatable bonds is 9. The fraction of sp³-hybridized carbons (Fsp3) is 0.364. The number of ether oxygens (including phenoxy) is 1. The Bertz CT molecular complexity index is 908. The van der Waals surface area contributed by atoms with Crippen LogP contribution < -0.4 is 20.7 Å². The number of halogens is 1. The number of benzene rings is 2. The van der Waals surface area contributed by atoms with E-state index < -0.39 is 0 Å². The number of anilines is 2. The summed E-state index contributed by atoms with van der Waals surface area (Å²) in [7, 11) is 0. The van der Waals surface area contributed by atoms with Crippen LogP contribution in [0.4, 0.5) is 11.4 Å². The quantitative estimate of drug-likeness (QED) is 0.403. The van der Waals surface area contributed by atoms with Gasteiger partial charge in [-0.3, -0.25) is 0 Å². The number of thiocarbonyl (C=S) groups is 2. The van der Waals surface area contributed by atoms with Gasteiger partial charge in [0.15, 0.2) is 10.2 Å². The molecule has 0 aliphatic carbocycles. The Morgan fingerprint density at radius 1 is 1.17 bits per heavy atom. The molecule has 1 saturated heterocycles. The number of nitrogens with two attached hydrogens (primary N) is 1. The molecule has 1 aliphatic heterocycles. The molecule has 0 unspecified atom stereocenters. The highest BCUT2D eigenvalue weighted by molar-refractivity contribution is 7.80.